The average Bonchev–Trinajstić information content (AvgIpc) is 3.40. The van der Waals surface area contributed by atoms with Crippen LogP contribution in [0.4, 0.5) is 0 Å². The molecule has 0 saturated heterocycles. The molecule has 0 unspecified atom stereocenters. The van der Waals surface area contributed by atoms with Crippen LogP contribution in [0.3, 0.4) is 0 Å². The first-order chi connectivity index (χ1) is 14.8. The fourth-order valence-corrected chi connectivity index (χ4v) is 10.4. The third-order valence-corrected chi connectivity index (χ3v) is 11.9. The summed E-state index contributed by atoms with van der Waals surface area (Å²) in [6.45, 7) is 4.88. The Bertz CT molecular complexity index is 648. The molecule has 168 valence electrons. The second-order valence-electron chi connectivity index (χ2n) is 5.69. The van der Waals surface area contributed by atoms with Gasteiger partial charge >= 0.3 is 5.97 Å². The Morgan fingerprint density at radius 3 is 1.73 bits per heavy atom. The number of carbonyl (C=O) groups is 1. The maximum atomic E-state index is 11.8. The van der Waals surface area contributed by atoms with Crippen molar-refractivity contribution in [2.24, 2.45) is 0 Å². The van der Waals surface area contributed by atoms with Gasteiger partial charge in [-0.25, -0.2) is 4.79 Å². The molecule has 12 heteroatoms. The van der Waals surface area contributed by atoms with Crippen LogP contribution in [0.25, 0.3) is 0 Å². The van der Waals surface area contributed by atoms with Gasteiger partial charge in [-0.15, -0.1) is 23.5 Å². The van der Waals surface area contributed by atoms with Gasteiger partial charge in [0.05, 0.1) is 76.9 Å². The van der Waals surface area contributed by atoms with Crippen molar-refractivity contribution in [3.05, 3.63) is 27.3 Å². The smallest absolute Gasteiger partial charge is 0.345 e. The summed E-state index contributed by atoms with van der Waals surface area (Å²) in [5, 5.41) is 1.87. The second-order valence-corrected chi connectivity index (χ2v) is 12.9. The highest BCUT2D eigenvalue weighted by atomic mass is 32.3. The zero-order valence-corrected chi connectivity index (χ0v) is 21.4. The van der Waals surface area contributed by atoms with Crippen LogP contribution in [0.5, 0.6) is 0 Å². The van der Waals surface area contributed by atoms with E-state index in [-0.39, 0.29) is 5.97 Å². The predicted molar refractivity (Wildman–Crippen MR) is 133 cm³/mol. The molecule has 30 heavy (non-hydrogen) atoms. The first kappa shape index (κ1) is 25.3. The van der Waals surface area contributed by atoms with E-state index in [1.54, 1.807) is 35.3 Å². The first-order valence-electron chi connectivity index (χ1n) is 9.31. The maximum Gasteiger partial charge on any atom is 0.345 e. The number of esters is 1. The van der Waals surface area contributed by atoms with Crippen LogP contribution in [0.15, 0.2) is 27.3 Å². The van der Waals surface area contributed by atoms with Gasteiger partial charge in [-0.2, -0.15) is 0 Å². The van der Waals surface area contributed by atoms with Crippen molar-refractivity contribution in [2.45, 2.75) is 0 Å². The van der Waals surface area contributed by atoms with Crippen molar-refractivity contribution in [3.63, 3.8) is 0 Å². The van der Waals surface area contributed by atoms with Crippen LogP contribution in [0.1, 0.15) is 0 Å². The first-order valence-corrected chi connectivity index (χ1v) is 14.6. The molecule has 0 fully saturated rings. The lowest BCUT2D eigenvalue weighted by molar-refractivity contribution is -0.135. The minimum absolute atomic E-state index is 0.278. The van der Waals surface area contributed by atoms with Crippen molar-refractivity contribution in [2.75, 3.05) is 71.5 Å². The van der Waals surface area contributed by atoms with Gasteiger partial charge < -0.3 is 23.7 Å². The van der Waals surface area contributed by atoms with E-state index >= 15 is 0 Å². The molecule has 0 N–H and O–H groups in total. The summed E-state index contributed by atoms with van der Waals surface area (Å²) in [5.74, 6) is 1.50. The van der Waals surface area contributed by atoms with Gasteiger partial charge in [0.2, 0.25) is 0 Å². The fraction of sp³-hybridized carbons (Fsp3) is 0.611. The minimum Gasteiger partial charge on any atom is -0.465 e. The zero-order valence-electron chi connectivity index (χ0n) is 16.5. The molecule has 0 aliphatic carbocycles. The van der Waals surface area contributed by atoms with Crippen molar-refractivity contribution in [1.29, 1.82) is 0 Å². The lowest BCUT2D eigenvalue weighted by Gasteiger charge is -2.09. The summed E-state index contributed by atoms with van der Waals surface area (Å²) in [6.07, 6.45) is 0. The summed E-state index contributed by atoms with van der Waals surface area (Å²) < 4.78 is 32.1. The lowest BCUT2D eigenvalue weighted by Crippen LogP contribution is -2.13. The molecule has 0 aromatic heterocycles. The Labute approximate surface area is 202 Å². The molecule has 3 rings (SSSR count). The standard InChI is InChI=1S/C18H24O6S6/c1-20-14(19)13-12-27-17(28-13)18-29-15-16(30-18)26-11-9-24-7-5-22-3-2-21-4-6-23-8-10-25-15/h12H,2-11H2,1H3. The van der Waals surface area contributed by atoms with E-state index < -0.39 is 0 Å². The quantitative estimate of drug-likeness (QED) is 0.441. The van der Waals surface area contributed by atoms with E-state index in [1.807, 2.05) is 28.9 Å². The Morgan fingerprint density at radius 2 is 1.23 bits per heavy atom. The van der Waals surface area contributed by atoms with Gasteiger partial charge in [-0.1, -0.05) is 47.0 Å². The van der Waals surface area contributed by atoms with Gasteiger partial charge in [0.1, 0.15) is 4.91 Å². The third-order valence-electron chi connectivity index (χ3n) is 3.60. The average molecular weight is 529 g/mol. The molecule has 0 aromatic rings. The van der Waals surface area contributed by atoms with Gasteiger partial charge in [0, 0.05) is 11.5 Å². The van der Waals surface area contributed by atoms with E-state index in [9.17, 15) is 4.79 Å². The summed E-state index contributed by atoms with van der Waals surface area (Å²) in [4.78, 5) is 12.4. The SMILES string of the molecule is COC(=O)C1=CSC(=C2SC3=C(SCCOCCOCCOCCOCCS3)S2)S1. The van der Waals surface area contributed by atoms with Crippen LogP contribution >= 0.6 is 70.6 Å². The number of hydrogen-bond donors (Lipinski definition) is 0. The molecule has 0 spiro atoms. The molecule has 0 aromatic carbocycles. The molecule has 0 atom stereocenters. The highest BCUT2D eigenvalue weighted by molar-refractivity contribution is 8.42. The zero-order chi connectivity index (χ0) is 21.0. The van der Waals surface area contributed by atoms with Crippen molar-refractivity contribution >= 4 is 76.5 Å². The molecular formula is C18H24O6S6. The highest BCUT2D eigenvalue weighted by Gasteiger charge is 2.29. The van der Waals surface area contributed by atoms with Gasteiger partial charge in [0.15, 0.2) is 0 Å². The number of hydrogen-bond acceptors (Lipinski definition) is 12. The largest absolute Gasteiger partial charge is 0.465 e. The normalized spacial score (nSPS) is 23.6. The molecule has 3 aliphatic rings. The monoisotopic (exact) mass is 528 g/mol. The number of thioether (sulfide) groups is 6. The summed E-state index contributed by atoms with van der Waals surface area (Å²) in [6, 6.07) is 0. The van der Waals surface area contributed by atoms with Crippen LogP contribution in [0.2, 0.25) is 0 Å². The molecule has 3 heterocycles. The molecule has 0 bridgehead atoms. The number of ether oxygens (including phenoxy) is 5. The number of carbonyl (C=O) groups excluding carboxylic acids is 1. The Morgan fingerprint density at radius 1 is 0.733 bits per heavy atom. The molecule has 0 saturated carbocycles. The molecule has 0 radical (unpaired) electrons. The Kier molecular flexibility index (Phi) is 12.4. The van der Waals surface area contributed by atoms with E-state index in [1.165, 1.54) is 31.6 Å². The van der Waals surface area contributed by atoms with Crippen molar-refractivity contribution in [3.8, 4) is 0 Å². The molecule has 0 amide bonds. The minimum atomic E-state index is -0.278. The van der Waals surface area contributed by atoms with Gasteiger partial charge in [0.25, 0.3) is 0 Å². The number of methoxy groups -OCH3 is 1. The molecule has 6 nitrogen and oxygen atoms in total. The topological polar surface area (TPSA) is 63.2 Å². The van der Waals surface area contributed by atoms with E-state index in [4.69, 9.17) is 23.7 Å². The van der Waals surface area contributed by atoms with Gasteiger partial charge in [-0.3, -0.25) is 0 Å². The van der Waals surface area contributed by atoms with Gasteiger partial charge in [-0.05, 0) is 5.41 Å². The molecular weight excluding hydrogens is 505 g/mol. The maximum absolute atomic E-state index is 11.8. The fourth-order valence-electron chi connectivity index (χ4n) is 2.22. The van der Waals surface area contributed by atoms with E-state index in [0.29, 0.717) is 57.8 Å². The predicted octanol–water partition coefficient (Wildman–Crippen LogP) is 4.76. The second kappa shape index (κ2) is 14.7. The third kappa shape index (κ3) is 8.53. The summed E-state index contributed by atoms with van der Waals surface area (Å²) in [5.41, 5.74) is 0. The van der Waals surface area contributed by atoms with Crippen LogP contribution < -0.4 is 0 Å². The Hall–Kier alpha value is 0.630. The summed E-state index contributed by atoms with van der Waals surface area (Å²) in [7, 11) is 1.41. The van der Waals surface area contributed by atoms with Crippen LogP contribution in [0, 0.1) is 0 Å². The number of rotatable bonds is 1. The van der Waals surface area contributed by atoms with E-state index in [0.717, 1.165) is 15.7 Å². The van der Waals surface area contributed by atoms with Crippen LogP contribution in [-0.4, -0.2) is 77.4 Å². The Balaban J connectivity index is 1.55. The molecule has 3 aliphatic heterocycles. The summed E-state index contributed by atoms with van der Waals surface area (Å²) >= 11 is 10.3. The van der Waals surface area contributed by atoms with Crippen LogP contribution in [-0.2, 0) is 28.5 Å². The highest BCUT2D eigenvalue weighted by Crippen LogP contribution is 2.62. The van der Waals surface area contributed by atoms with Crippen molar-refractivity contribution < 1.29 is 28.5 Å². The van der Waals surface area contributed by atoms with E-state index in [2.05, 4.69) is 0 Å². The van der Waals surface area contributed by atoms with Crippen molar-refractivity contribution in [1.82, 2.24) is 0 Å². The lowest BCUT2D eigenvalue weighted by atomic mass is 10.6.